The number of nitriles is 2. The molecule has 31 heavy (non-hydrogen) atoms. The Bertz CT molecular complexity index is 1110. The van der Waals surface area contributed by atoms with Gasteiger partial charge in [0.05, 0.1) is 0 Å². The lowest BCUT2D eigenvalue weighted by atomic mass is 9.89. The molecule has 0 saturated carbocycles. The molecule has 0 spiro atoms. The van der Waals surface area contributed by atoms with E-state index in [2.05, 4.69) is 29.1 Å². The summed E-state index contributed by atoms with van der Waals surface area (Å²) in [5.41, 5.74) is 1.59. The maximum atomic E-state index is 11.8. The van der Waals surface area contributed by atoms with E-state index in [4.69, 9.17) is 0 Å². The zero-order valence-corrected chi connectivity index (χ0v) is 17.9. The second kappa shape index (κ2) is 9.30. The van der Waals surface area contributed by atoms with E-state index in [1.165, 1.54) is 0 Å². The molecule has 0 radical (unpaired) electrons. The molecule has 156 valence electrons. The molecule has 6 nitrogen and oxygen atoms in total. The van der Waals surface area contributed by atoms with E-state index in [-0.39, 0.29) is 11.4 Å². The molecular weight excluding hydrogens is 386 g/mol. The average Bonchev–Trinajstić information content (AvgIpc) is 2.91. The summed E-state index contributed by atoms with van der Waals surface area (Å²) >= 11 is 0. The fourth-order valence-electron chi connectivity index (χ4n) is 3.67. The first-order valence-corrected chi connectivity index (χ1v) is 10.2. The molecule has 2 aromatic rings. The van der Waals surface area contributed by atoms with Gasteiger partial charge in [-0.15, -0.1) is 0 Å². The predicted octanol–water partition coefficient (Wildman–Crippen LogP) is 4.08. The SMILES string of the molecule is CCN(CC)c1ccc(/C=C2/C(C)=NC(C#N)=C(C#N)NC2(O)c2ccccc2)cc1. The van der Waals surface area contributed by atoms with E-state index in [1.807, 2.05) is 60.7 Å². The molecule has 0 saturated heterocycles. The monoisotopic (exact) mass is 411 g/mol. The number of aliphatic hydroxyl groups is 1. The molecule has 1 atom stereocenters. The highest BCUT2D eigenvalue weighted by molar-refractivity contribution is 6.05. The molecule has 0 aromatic heterocycles. The van der Waals surface area contributed by atoms with Crippen molar-refractivity contribution in [2.75, 3.05) is 18.0 Å². The number of allylic oxidation sites excluding steroid dienone is 2. The highest BCUT2D eigenvalue weighted by Crippen LogP contribution is 2.33. The summed E-state index contributed by atoms with van der Waals surface area (Å²) in [6, 6.07) is 20.9. The number of hydrogen-bond acceptors (Lipinski definition) is 6. The van der Waals surface area contributed by atoms with E-state index in [0.717, 1.165) is 24.3 Å². The highest BCUT2D eigenvalue weighted by atomic mass is 16.3. The van der Waals surface area contributed by atoms with Gasteiger partial charge in [0.15, 0.2) is 17.1 Å². The van der Waals surface area contributed by atoms with Crippen LogP contribution in [0.1, 0.15) is 31.9 Å². The number of nitrogens with zero attached hydrogens (tertiary/aromatic N) is 4. The van der Waals surface area contributed by atoms with Gasteiger partial charge in [-0.05, 0) is 44.5 Å². The van der Waals surface area contributed by atoms with Gasteiger partial charge in [0, 0.05) is 35.6 Å². The minimum Gasteiger partial charge on any atom is -0.372 e. The van der Waals surface area contributed by atoms with Gasteiger partial charge in [0.25, 0.3) is 0 Å². The summed E-state index contributed by atoms with van der Waals surface area (Å²) in [5, 5.41) is 33.7. The first-order chi connectivity index (χ1) is 15.0. The fraction of sp³-hybridized carbons (Fsp3) is 0.240. The molecule has 2 aromatic carbocycles. The van der Waals surface area contributed by atoms with Crippen LogP contribution in [0.25, 0.3) is 6.08 Å². The molecule has 2 N–H and O–H groups in total. The van der Waals surface area contributed by atoms with E-state index >= 15 is 0 Å². The van der Waals surface area contributed by atoms with Crippen molar-refractivity contribution in [1.82, 2.24) is 5.32 Å². The number of benzene rings is 2. The van der Waals surface area contributed by atoms with Gasteiger partial charge >= 0.3 is 0 Å². The summed E-state index contributed by atoms with van der Waals surface area (Å²) < 4.78 is 0. The van der Waals surface area contributed by atoms with Crippen LogP contribution in [0.5, 0.6) is 0 Å². The number of hydrogen-bond donors (Lipinski definition) is 2. The number of aliphatic imine (C=N–C) groups is 1. The molecule has 6 heteroatoms. The highest BCUT2D eigenvalue weighted by Gasteiger charge is 2.38. The number of anilines is 1. The van der Waals surface area contributed by atoms with Crippen LogP contribution in [-0.2, 0) is 5.72 Å². The lowest BCUT2D eigenvalue weighted by molar-refractivity contribution is 0.0585. The van der Waals surface area contributed by atoms with Crippen LogP contribution in [0.4, 0.5) is 5.69 Å². The average molecular weight is 412 g/mol. The lowest BCUT2D eigenvalue weighted by Crippen LogP contribution is -2.44. The summed E-state index contributed by atoms with van der Waals surface area (Å²) in [6.45, 7) is 7.79. The van der Waals surface area contributed by atoms with Crippen molar-refractivity contribution in [2.24, 2.45) is 4.99 Å². The van der Waals surface area contributed by atoms with Crippen molar-refractivity contribution in [2.45, 2.75) is 26.5 Å². The maximum Gasteiger partial charge on any atom is 0.191 e. The van der Waals surface area contributed by atoms with Gasteiger partial charge in [-0.1, -0.05) is 42.5 Å². The minimum absolute atomic E-state index is 0.0605. The van der Waals surface area contributed by atoms with Gasteiger partial charge in [0.1, 0.15) is 12.1 Å². The van der Waals surface area contributed by atoms with E-state index in [1.54, 1.807) is 19.1 Å². The van der Waals surface area contributed by atoms with Gasteiger partial charge in [0.2, 0.25) is 0 Å². The van der Waals surface area contributed by atoms with Gasteiger partial charge in [-0.3, -0.25) is 0 Å². The first kappa shape index (κ1) is 21.8. The zero-order valence-electron chi connectivity index (χ0n) is 17.9. The Kier molecular flexibility index (Phi) is 6.55. The van der Waals surface area contributed by atoms with Crippen LogP contribution in [0.2, 0.25) is 0 Å². The topological polar surface area (TPSA) is 95.4 Å². The summed E-state index contributed by atoms with van der Waals surface area (Å²) in [6.07, 6.45) is 1.83. The molecule has 1 heterocycles. The third-order valence-electron chi connectivity index (χ3n) is 5.34. The molecule has 1 unspecified atom stereocenters. The Morgan fingerprint density at radius 1 is 1.03 bits per heavy atom. The molecule has 0 amide bonds. The molecule has 3 rings (SSSR count). The first-order valence-electron chi connectivity index (χ1n) is 10.2. The van der Waals surface area contributed by atoms with Crippen molar-refractivity contribution in [3.63, 3.8) is 0 Å². The van der Waals surface area contributed by atoms with E-state index in [9.17, 15) is 15.6 Å². The van der Waals surface area contributed by atoms with Gasteiger partial charge in [-0.2, -0.15) is 10.5 Å². The lowest BCUT2D eigenvalue weighted by Gasteiger charge is -2.31. The fourth-order valence-corrected chi connectivity index (χ4v) is 3.67. The van der Waals surface area contributed by atoms with Crippen LogP contribution in [-0.4, -0.2) is 23.9 Å². The second-order valence-corrected chi connectivity index (χ2v) is 7.17. The molecule has 0 aliphatic carbocycles. The summed E-state index contributed by atoms with van der Waals surface area (Å²) in [7, 11) is 0. The Morgan fingerprint density at radius 2 is 1.68 bits per heavy atom. The Morgan fingerprint density at radius 3 is 2.23 bits per heavy atom. The molecule has 0 fully saturated rings. The Balaban J connectivity index is 2.16. The van der Waals surface area contributed by atoms with Crippen LogP contribution in [0.3, 0.4) is 0 Å². The second-order valence-electron chi connectivity index (χ2n) is 7.17. The smallest absolute Gasteiger partial charge is 0.191 e. The van der Waals surface area contributed by atoms with Crippen LogP contribution in [0.15, 0.2) is 76.6 Å². The van der Waals surface area contributed by atoms with Crippen molar-refractivity contribution in [3.05, 3.63) is 82.7 Å². The van der Waals surface area contributed by atoms with Crippen molar-refractivity contribution >= 4 is 17.5 Å². The normalized spacial score (nSPS) is 19.7. The van der Waals surface area contributed by atoms with Crippen LogP contribution >= 0.6 is 0 Å². The number of rotatable bonds is 5. The molecule has 1 aliphatic rings. The summed E-state index contributed by atoms with van der Waals surface area (Å²) in [5.74, 6) is 0. The largest absolute Gasteiger partial charge is 0.372 e. The van der Waals surface area contributed by atoms with Crippen molar-refractivity contribution < 1.29 is 5.11 Å². The van der Waals surface area contributed by atoms with E-state index < -0.39 is 5.72 Å². The molecule has 1 aliphatic heterocycles. The van der Waals surface area contributed by atoms with Crippen LogP contribution < -0.4 is 10.2 Å². The van der Waals surface area contributed by atoms with Crippen molar-refractivity contribution in [1.29, 1.82) is 10.5 Å². The minimum atomic E-state index is -1.73. The zero-order chi connectivity index (χ0) is 22.4. The van der Waals surface area contributed by atoms with E-state index in [0.29, 0.717) is 16.8 Å². The quantitative estimate of drug-likeness (QED) is 0.773. The molecule has 0 bridgehead atoms. The number of nitrogens with one attached hydrogen (secondary N) is 1. The van der Waals surface area contributed by atoms with Crippen LogP contribution in [0, 0.1) is 22.7 Å². The summed E-state index contributed by atoms with van der Waals surface area (Å²) in [4.78, 5) is 6.58. The standard InChI is InChI=1S/C25H25N5O/c1-4-30(5-2)21-13-11-19(12-14-21)15-22-18(3)28-23(16-26)24(17-27)29-25(22,31)20-9-7-6-8-10-20/h6-15,29,31H,4-5H2,1-3H3/b22-15-. The van der Waals surface area contributed by atoms with Crippen molar-refractivity contribution in [3.8, 4) is 12.1 Å². The third-order valence-corrected chi connectivity index (χ3v) is 5.34. The third kappa shape index (κ3) is 4.35. The predicted molar refractivity (Wildman–Crippen MR) is 123 cm³/mol. The Hall–Kier alpha value is -3.87. The maximum absolute atomic E-state index is 11.8. The van der Waals surface area contributed by atoms with Gasteiger partial charge < -0.3 is 15.3 Å². The molecular formula is C25H25N5O. The Labute approximate surface area is 183 Å². The van der Waals surface area contributed by atoms with Gasteiger partial charge in [-0.25, -0.2) is 4.99 Å².